The van der Waals surface area contributed by atoms with Crippen LogP contribution in [-0.2, 0) is 26.2 Å². The third-order valence-electron chi connectivity index (χ3n) is 5.77. The summed E-state index contributed by atoms with van der Waals surface area (Å²) < 4.78 is 51.8. The zero-order valence-corrected chi connectivity index (χ0v) is 16.1. The van der Waals surface area contributed by atoms with Crippen molar-refractivity contribution in [3.63, 3.8) is 0 Å². The summed E-state index contributed by atoms with van der Waals surface area (Å²) in [6.07, 6.45) is -3.78. The molecule has 0 spiro atoms. The molecule has 2 aromatic rings. The molecule has 0 bridgehead atoms. The first kappa shape index (κ1) is 20.7. The second kappa shape index (κ2) is 7.92. The number of benzene rings is 2. The number of aliphatic carboxylic acids is 1. The summed E-state index contributed by atoms with van der Waals surface area (Å²) in [5, 5.41) is 9.86. The largest absolute Gasteiger partial charge is 0.481 e. The average molecular weight is 421 g/mol. The SMILES string of the molecule is O=C(O)C1CN(c2ccccc2)C1(OCC1CCOC1)c1cccc(C(F)(F)F)c1. The van der Waals surface area contributed by atoms with Crippen molar-refractivity contribution in [2.24, 2.45) is 11.8 Å². The quantitative estimate of drug-likeness (QED) is 0.760. The number of halogens is 3. The van der Waals surface area contributed by atoms with Crippen molar-refractivity contribution in [3.05, 3.63) is 65.7 Å². The van der Waals surface area contributed by atoms with Crippen LogP contribution >= 0.6 is 0 Å². The third kappa shape index (κ3) is 3.65. The number of rotatable bonds is 6. The van der Waals surface area contributed by atoms with Gasteiger partial charge in [0, 0.05) is 30.3 Å². The van der Waals surface area contributed by atoms with Crippen LogP contribution < -0.4 is 4.90 Å². The van der Waals surface area contributed by atoms with Crippen LogP contribution in [-0.4, -0.2) is 37.4 Å². The number of hydrogen-bond acceptors (Lipinski definition) is 4. The van der Waals surface area contributed by atoms with Crippen molar-refractivity contribution >= 4 is 11.7 Å². The first-order chi connectivity index (χ1) is 14.3. The van der Waals surface area contributed by atoms with Gasteiger partial charge in [-0.25, -0.2) is 0 Å². The van der Waals surface area contributed by atoms with E-state index >= 15 is 0 Å². The normalized spacial score (nSPS) is 26.4. The van der Waals surface area contributed by atoms with Gasteiger partial charge in [-0.05, 0) is 30.7 Å². The zero-order valence-electron chi connectivity index (χ0n) is 16.1. The van der Waals surface area contributed by atoms with Gasteiger partial charge in [0.05, 0.1) is 18.8 Å². The van der Waals surface area contributed by atoms with Crippen LogP contribution in [0.25, 0.3) is 0 Å². The number of carboxylic acid groups (broad SMARTS) is 1. The second-order valence-electron chi connectivity index (χ2n) is 7.65. The lowest BCUT2D eigenvalue weighted by Crippen LogP contribution is -2.69. The fraction of sp³-hybridized carbons (Fsp3) is 0.409. The summed E-state index contributed by atoms with van der Waals surface area (Å²) >= 11 is 0. The molecule has 8 heteroatoms. The maximum absolute atomic E-state index is 13.4. The molecule has 3 atom stereocenters. The molecule has 2 saturated heterocycles. The number of anilines is 1. The molecule has 2 aliphatic heterocycles. The highest BCUT2D eigenvalue weighted by Gasteiger charge is 2.60. The first-order valence-electron chi connectivity index (χ1n) is 9.77. The number of carbonyl (C=O) groups is 1. The van der Waals surface area contributed by atoms with Crippen molar-refractivity contribution in [2.45, 2.75) is 18.3 Å². The van der Waals surface area contributed by atoms with E-state index in [0.29, 0.717) is 18.9 Å². The number of carboxylic acids is 1. The Kier molecular flexibility index (Phi) is 5.46. The maximum Gasteiger partial charge on any atom is 0.416 e. The summed E-state index contributed by atoms with van der Waals surface area (Å²) in [6, 6.07) is 13.8. The summed E-state index contributed by atoms with van der Waals surface area (Å²) in [4.78, 5) is 13.8. The molecule has 2 heterocycles. The van der Waals surface area contributed by atoms with E-state index in [1.54, 1.807) is 29.2 Å². The lowest BCUT2D eigenvalue weighted by Gasteiger charge is -2.57. The van der Waals surface area contributed by atoms with Gasteiger partial charge in [0.15, 0.2) is 5.72 Å². The van der Waals surface area contributed by atoms with E-state index in [0.717, 1.165) is 18.6 Å². The van der Waals surface area contributed by atoms with Gasteiger partial charge >= 0.3 is 12.1 Å². The molecule has 3 unspecified atom stereocenters. The van der Waals surface area contributed by atoms with E-state index in [2.05, 4.69) is 0 Å². The Hall–Kier alpha value is -2.58. The van der Waals surface area contributed by atoms with Gasteiger partial charge in [0.2, 0.25) is 0 Å². The Labute approximate surface area is 172 Å². The molecule has 0 aliphatic carbocycles. The minimum absolute atomic E-state index is 0.0698. The van der Waals surface area contributed by atoms with Gasteiger partial charge in [-0.1, -0.05) is 30.3 Å². The lowest BCUT2D eigenvalue weighted by molar-refractivity contribution is -0.180. The fourth-order valence-electron chi connectivity index (χ4n) is 4.17. The van der Waals surface area contributed by atoms with Crippen LogP contribution in [0.3, 0.4) is 0 Å². The van der Waals surface area contributed by atoms with Gasteiger partial charge in [0.1, 0.15) is 5.92 Å². The van der Waals surface area contributed by atoms with Gasteiger partial charge in [-0.2, -0.15) is 13.2 Å². The predicted molar refractivity (Wildman–Crippen MR) is 103 cm³/mol. The summed E-state index contributed by atoms with van der Waals surface area (Å²) in [5.74, 6) is -2.05. The Balaban J connectivity index is 1.79. The molecule has 1 N–H and O–H groups in total. The fourth-order valence-corrected chi connectivity index (χ4v) is 4.17. The molecule has 0 amide bonds. The van der Waals surface area contributed by atoms with E-state index in [1.807, 2.05) is 6.07 Å². The third-order valence-corrected chi connectivity index (χ3v) is 5.77. The van der Waals surface area contributed by atoms with Crippen LogP contribution in [0.5, 0.6) is 0 Å². The Bertz CT molecular complexity index is 899. The zero-order chi connectivity index (χ0) is 21.4. The smallest absolute Gasteiger partial charge is 0.416 e. The topological polar surface area (TPSA) is 59.0 Å². The second-order valence-corrected chi connectivity index (χ2v) is 7.65. The molecule has 0 radical (unpaired) electrons. The standard InChI is InChI=1S/C22H22F3NO4/c23-22(24,25)17-6-4-5-16(11-17)21(30-14-15-9-10-29-13-15)19(20(27)28)12-26(21)18-7-2-1-3-8-18/h1-8,11,15,19H,9-10,12-14H2,(H,27,28). The van der Waals surface area contributed by atoms with Gasteiger partial charge < -0.3 is 19.5 Å². The summed E-state index contributed by atoms with van der Waals surface area (Å²) in [6.45, 7) is 1.41. The van der Waals surface area contributed by atoms with Crippen LogP contribution in [0.1, 0.15) is 17.5 Å². The van der Waals surface area contributed by atoms with Crippen molar-refractivity contribution in [1.82, 2.24) is 0 Å². The van der Waals surface area contributed by atoms with Crippen molar-refractivity contribution < 1.29 is 32.5 Å². The highest BCUT2D eigenvalue weighted by atomic mass is 19.4. The summed E-state index contributed by atoms with van der Waals surface area (Å²) in [7, 11) is 0. The van der Waals surface area contributed by atoms with Gasteiger partial charge in [-0.3, -0.25) is 4.79 Å². The Morgan fingerprint density at radius 1 is 1.20 bits per heavy atom. The monoisotopic (exact) mass is 421 g/mol. The maximum atomic E-state index is 13.4. The minimum Gasteiger partial charge on any atom is -0.481 e. The van der Waals surface area contributed by atoms with E-state index in [9.17, 15) is 23.1 Å². The molecule has 30 heavy (non-hydrogen) atoms. The number of nitrogens with zero attached hydrogens (tertiary/aromatic N) is 1. The molecule has 4 rings (SSSR count). The van der Waals surface area contributed by atoms with Gasteiger partial charge in [0.25, 0.3) is 0 Å². The molecular weight excluding hydrogens is 399 g/mol. The Morgan fingerprint density at radius 2 is 1.97 bits per heavy atom. The summed E-state index contributed by atoms with van der Waals surface area (Å²) in [5.41, 5.74) is -1.50. The van der Waals surface area contributed by atoms with Crippen LogP contribution in [0.2, 0.25) is 0 Å². The van der Waals surface area contributed by atoms with Crippen molar-refractivity contribution in [3.8, 4) is 0 Å². The Morgan fingerprint density at radius 3 is 2.60 bits per heavy atom. The van der Waals surface area contributed by atoms with Crippen LogP contribution in [0.15, 0.2) is 54.6 Å². The van der Waals surface area contributed by atoms with E-state index < -0.39 is 29.4 Å². The lowest BCUT2D eigenvalue weighted by atomic mass is 9.77. The molecule has 0 saturated carbocycles. The molecule has 160 valence electrons. The number of para-hydroxylation sites is 1. The molecule has 2 aromatic carbocycles. The van der Waals surface area contributed by atoms with E-state index in [4.69, 9.17) is 9.47 Å². The predicted octanol–water partition coefficient (Wildman–Crippen LogP) is 4.13. The molecule has 2 fully saturated rings. The van der Waals surface area contributed by atoms with Gasteiger partial charge in [-0.15, -0.1) is 0 Å². The average Bonchev–Trinajstić information content (AvgIpc) is 3.21. The molecule has 0 aromatic heterocycles. The van der Waals surface area contributed by atoms with E-state index in [1.165, 1.54) is 12.1 Å². The molecule has 2 aliphatic rings. The van der Waals surface area contributed by atoms with Crippen LogP contribution in [0, 0.1) is 11.8 Å². The van der Waals surface area contributed by atoms with Crippen molar-refractivity contribution in [1.29, 1.82) is 0 Å². The molecule has 5 nitrogen and oxygen atoms in total. The van der Waals surface area contributed by atoms with E-state index in [-0.39, 0.29) is 24.6 Å². The highest BCUT2D eigenvalue weighted by molar-refractivity contribution is 5.78. The van der Waals surface area contributed by atoms with Crippen LogP contribution in [0.4, 0.5) is 18.9 Å². The number of hydrogen-bond donors (Lipinski definition) is 1. The highest BCUT2D eigenvalue weighted by Crippen LogP contribution is 2.50. The number of ether oxygens (including phenoxy) is 2. The minimum atomic E-state index is -4.55. The van der Waals surface area contributed by atoms with Crippen molar-refractivity contribution in [2.75, 3.05) is 31.3 Å². The number of alkyl halides is 3. The first-order valence-corrected chi connectivity index (χ1v) is 9.77. The molecular formula is C22H22F3NO4.